The van der Waals surface area contributed by atoms with Gasteiger partial charge in [-0.25, -0.2) is 4.39 Å². The Morgan fingerprint density at radius 1 is 0.950 bits per heavy atom. The fourth-order valence-electron chi connectivity index (χ4n) is 2.12. The standard InChI is InChI=1S/C17H12FNO/c18-13-5-3-6-14(10-13)19-11-16-15-7-2-1-4-12(15)8-9-17(16)20/h1-11,20H. The van der Waals surface area contributed by atoms with Crippen LogP contribution >= 0.6 is 0 Å². The second-order valence-corrected chi connectivity index (χ2v) is 4.46. The third kappa shape index (κ3) is 2.38. The number of halogens is 1. The second kappa shape index (κ2) is 5.13. The molecule has 0 aliphatic carbocycles. The molecule has 0 aliphatic rings. The minimum absolute atomic E-state index is 0.156. The molecule has 0 unspecified atom stereocenters. The third-order valence-corrected chi connectivity index (χ3v) is 3.10. The molecule has 0 amide bonds. The van der Waals surface area contributed by atoms with Gasteiger partial charge in [0.2, 0.25) is 0 Å². The van der Waals surface area contributed by atoms with Crippen molar-refractivity contribution in [2.24, 2.45) is 4.99 Å². The van der Waals surface area contributed by atoms with Gasteiger partial charge in [0.15, 0.2) is 0 Å². The lowest BCUT2D eigenvalue weighted by Gasteiger charge is -2.04. The number of phenolic OH excluding ortho intramolecular Hbond substituents is 1. The van der Waals surface area contributed by atoms with Crippen LogP contribution in [-0.4, -0.2) is 11.3 Å². The van der Waals surface area contributed by atoms with E-state index < -0.39 is 0 Å². The van der Waals surface area contributed by atoms with Gasteiger partial charge in [0, 0.05) is 11.8 Å². The average molecular weight is 265 g/mol. The van der Waals surface area contributed by atoms with Crippen molar-refractivity contribution in [3.05, 3.63) is 72.0 Å². The Hall–Kier alpha value is -2.68. The first-order chi connectivity index (χ1) is 9.74. The molecule has 0 atom stereocenters. The molecule has 0 fully saturated rings. The summed E-state index contributed by atoms with van der Waals surface area (Å²) in [7, 11) is 0. The van der Waals surface area contributed by atoms with Crippen molar-refractivity contribution in [2.45, 2.75) is 0 Å². The van der Waals surface area contributed by atoms with Gasteiger partial charge in [-0.15, -0.1) is 0 Å². The molecule has 1 N–H and O–H groups in total. The molecule has 20 heavy (non-hydrogen) atoms. The second-order valence-electron chi connectivity index (χ2n) is 4.46. The summed E-state index contributed by atoms with van der Waals surface area (Å²) < 4.78 is 13.1. The van der Waals surface area contributed by atoms with E-state index in [1.165, 1.54) is 12.1 Å². The minimum atomic E-state index is -0.332. The average Bonchev–Trinajstić information content (AvgIpc) is 2.46. The van der Waals surface area contributed by atoms with Crippen molar-refractivity contribution in [3.8, 4) is 5.75 Å². The quantitative estimate of drug-likeness (QED) is 0.683. The molecule has 3 rings (SSSR count). The molecule has 0 saturated heterocycles. The van der Waals surface area contributed by atoms with Crippen LogP contribution in [0.15, 0.2) is 65.7 Å². The number of benzene rings is 3. The Bertz CT molecular complexity index is 796. The highest BCUT2D eigenvalue weighted by molar-refractivity contribution is 6.02. The molecule has 3 aromatic carbocycles. The maximum atomic E-state index is 13.1. The lowest BCUT2D eigenvalue weighted by Crippen LogP contribution is -1.85. The molecular weight excluding hydrogens is 253 g/mol. The van der Waals surface area contributed by atoms with Crippen LogP contribution < -0.4 is 0 Å². The van der Waals surface area contributed by atoms with E-state index in [0.717, 1.165) is 10.8 Å². The molecule has 0 aliphatic heterocycles. The van der Waals surface area contributed by atoms with Crippen molar-refractivity contribution in [2.75, 3.05) is 0 Å². The van der Waals surface area contributed by atoms with Crippen LogP contribution in [-0.2, 0) is 0 Å². The van der Waals surface area contributed by atoms with Gasteiger partial charge in [-0.1, -0.05) is 36.4 Å². The van der Waals surface area contributed by atoms with Gasteiger partial charge in [-0.2, -0.15) is 0 Å². The molecule has 0 saturated carbocycles. The van der Waals surface area contributed by atoms with Gasteiger partial charge in [0.25, 0.3) is 0 Å². The Morgan fingerprint density at radius 3 is 2.65 bits per heavy atom. The largest absolute Gasteiger partial charge is 0.507 e. The van der Waals surface area contributed by atoms with Crippen molar-refractivity contribution in [1.29, 1.82) is 0 Å². The predicted octanol–water partition coefficient (Wildman–Crippen LogP) is 4.44. The SMILES string of the molecule is Oc1ccc2ccccc2c1C=Nc1cccc(F)c1. The summed E-state index contributed by atoms with van der Waals surface area (Å²) in [6.07, 6.45) is 1.56. The summed E-state index contributed by atoms with van der Waals surface area (Å²) in [5.41, 5.74) is 1.14. The first kappa shape index (κ1) is 12.4. The van der Waals surface area contributed by atoms with E-state index in [9.17, 15) is 9.50 Å². The van der Waals surface area contributed by atoms with Gasteiger partial charge in [0.1, 0.15) is 11.6 Å². The van der Waals surface area contributed by atoms with Crippen molar-refractivity contribution >= 4 is 22.7 Å². The van der Waals surface area contributed by atoms with Crippen LogP contribution in [0.5, 0.6) is 5.75 Å². The topological polar surface area (TPSA) is 32.6 Å². The van der Waals surface area contributed by atoms with E-state index in [0.29, 0.717) is 11.3 Å². The lowest BCUT2D eigenvalue weighted by atomic mass is 10.0. The summed E-state index contributed by atoms with van der Waals surface area (Å²) >= 11 is 0. The number of aromatic hydroxyl groups is 1. The maximum Gasteiger partial charge on any atom is 0.125 e. The molecule has 0 bridgehead atoms. The number of aliphatic imine (C=N–C) groups is 1. The first-order valence-corrected chi connectivity index (χ1v) is 6.24. The lowest BCUT2D eigenvalue weighted by molar-refractivity contribution is 0.475. The molecule has 3 aromatic rings. The number of phenols is 1. The summed E-state index contributed by atoms with van der Waals surface area (Å²) in [6.45, 7) is 0. The molecule has 0 radical (unpaired) electrons. The fourth-order valence-corrected chi connectivity index (χ4v) is 2.12. The van der Waals surface area contributed by atoms with Crippen LogP contribution in [0.2, 0.25) is 0 Å². The van der Waals surface area contributed by atoms with Gasteiger partial charge >= 0.3 is 0 Å². The highest BCUT2D eigenvalue weighted by Gasteiger charge is 2.04. The fraction of sp³-hybridized carbons (Fsp3) is 0. The monoisotopic (exact) mass is 265 g/mol. The molecule has 0 heterocycles. The first-order valence-electron chi connectivity index (χ1n) is 6.24. The van der Waals surface area contributed by atoms with E-state index in [1.807, 2.05) is 30.3 Å². The Morgan fingerprint density at radius 2 is 1.80 bits per heavy atom. The zero-order chi connectivity index (χ0) is 13.9. The van der Waals surface area contributed by atoms with Gasteiger partial charge < -0.3 is 5.11 Å². The molecule has 0 aromatic heterocycles. The number of fused-ring (bicyclic) bond motifs is 1. The van der Waals surface area contributed by atoms with Crippen molar-refractivity contribution < 1.29 is 9.50 Å². The zero-order valence-electron chi connectivity index (χ0n) is 10.6. The highest BCUT2D eigenvalue weighted by atomic mass is 19.1. The summed E-state index contributed by atoms with van der Waals surface area (Å²) in [4.78, 5) is 4.22. The molecule has 3 heteroatoms. The van der Waals surface area contributed by atoms with E-state index in [1.54, 1.807) is 24.4 Å². The van der Waals surface area contributed by atoms with E-state index >= 15 is 0 Å². The van der Waals surface area contributed by atoms with Crippen LogP contribution in [0.1, 0.15) is 5.56 Å². The smallest absolute Gasteiger partial charge is 0.125 e. The molecule has 98 valence electrons. The van der Waals surface area contributed by atoms with Gasteiger partial charge in [0.05, 0.1) is 5.69 Å². The predicted molar refractivity (Wildman–Crippen MR) is 79.3 cm³/mol. The van der Waals surface area contributed by atoms with Crippen LogP contribution in [0, 0.1) is 5.82 Å². The van der Waals surface area contributed by atoms with E-state index in [4.69, 9.17) is 0 Å². The van der Waals surface area contributed by atoms with Crippen molar-refractivity contribution in [3.63, 3.8) is 0 Å². The Labute approximate surface area is 115 Å². The number of hydrogen-bond donors (Lipinski definition) is 1. The number of rotatable bonds is 2. The van der Waals surface area contributed by atoms with E-state index in [-0.39, 0.29) is 11.6 Å². The molecule has 0 spiro atoms. The Kier molecular flexibility index (Phi) is 3.17. The number of nitrogens with zero attached hydrogens (tertiary/aromatic N) is 1. The summed E-state index contributed by atoms with van der Waals surface area (Å²) in [5.74, 6) is -0.175. The summed E-state index contributed by atoms with van der Waals surface area (Å²) in [6, 6.07) is 17.2. The normalized spacial score (nSPS) is 11.2. The van der Waals surface area contributed by atoms with Crippen LogP contribution in [0.3, 0.4) is 0 Å². The number of hydrogen-bond acceptors (Lipinski definition) is 2. The molecular formula is C17H12FNO. The van der Waals surface area contributed by atoms with Gasteiger partial charge in [-0.3, -0.25) is 4.99 Å². The van der Waals surface area contributed by atoms with Gasteiger partial charge in [-0.05, 0) is 35.0 Å². The summed E-state index contributed by atoms with van der Waals surface area (Å²) in [5, 5.41) is 11.9. The third-order valence-electron chi connectivity index (χ3n) is 3.10. The zero-order valence-corrected chi connectivity index (χ0v) is 10.6. The van der Waals surface area contributed by atoms with Crippen LogP contribution in [0.25, 0.3) is 10.8 Å². The van der Waals surface area contributed by atoms with Crippen LogP contribution in [0.4, 0.5) is 10.1 Å². The van der Waals surface area contributed by atoms with Crippen molar-refractivity contribution in [1.82, 2.24) is 0 Å². The van der Waals surface area contributed by atoms with E-state index in [2.05, 4.69) is 4.99 Å². The Balaban J connectivity index is 2.08. The minimum Gasteiger partial charge on any atom is -0.507 e. The maximum absolute atomic E-state index is 13.1. The highest BCUT2D eigenvalue weighted by Crippen LogP contribution is 2.26. The molecule has 2 nitrogen and oxygen atoms in total.